The zero-order chi connectivity index (χ0) is 23.4. The van der Waals surface area contributed by atoms with Crippen molar-refractivity contribution in [2.75, 3.05) is 24.2 Å². The molecule has 0 bridgehead atoms. The third kappa shape index (κ3) is 4.98. The first kappa shape index (κ1) is 22.7. The zero-order valence-corrected chi connectivity index (χ0v) is 19.0. The average Bonchev–Trinajstić information content (AvgIpc) is 3.06. The molecule has 2 amide bonds. The van der Waals surface area contributed by atoms with Gasteiger partial charge in [-0.25, -0.2) is 4.98 Å². The number of fused-ring (bicyclic) bond motifs is 1. The van der Waals surface area contributed by atoms with Crippen LogP contribution in [0, 0.1) is 11.3 Å². The summed E-state index contributed by atoms with van der Waals surface area (Å²) < 4.78 is 0. The highest BCUT2D eigenvalue weighted by molar-refractivity contribution is 6.32. The standard InChI is InChI=1S/C23H26ClN7O2/c1-26-11-16(10-25)29-23-27-12-19(24)20(30-23)28-15-6-4-5-14(9-15)13-31-21(32)17-7-2-3-8-18(17)22(31)33/h2-3,7-8,10-12,14-15,25-26H,4-6,9,13H2,1H3,(H2,27,28,29,30)/b16-11+,25-10?. The van der Waals surface area contributed by atoms with Crippen LogP contribution in [0.15, 0.2) is 42.4 Å². The molecule has 10 heteroatoms. The Morgan fingerprint density at radius 1 is 1.24 bits per heavy atom. The molecule has 1 fully saturated rings. The Balaban J connectivity index is 1.41. The molecule has 0 spiro atoms. The molecule has 2 aliphatic rings. The summed E-state index contributed by atoms with van der Waals surface area (Å²) in [6.45, 7) is 0.409. The maximum Gasteiger partial charge on any atom is 0.261 e. The molecule has 2 heterocycles. The fraction of sp³-hybridized carbons (Fsp3) is 0.348. The first-order valence-electron chi connectivity index (χ1n) is 10.9. The van der Waals surface area contributed by atoms with Crippen molar-refractivity contribution in [3.8, 4) is 0 Å². The second-order valence-electron chi connectivity index (χ2n) is 8.19. The highest BCUT2D eigenvalue weighted by Crippen LogP contribution is 2.31. The van der Waals surface area contributed by atoms with Crippen molar-refractivity contribution in [1.82, 2.24) is 20.2 Å². The van der Waals surface area contributed by atoms with Crippen LogP contribution in [0.4, 0.5) is 11.8 Å². The van der Waals surface area contributed by atoms with Gasteiger partial charge in [0.2, 0.25) is 5.95 Å². The normalized spacial score (nSPS) is 20.4. The highest BCUT2D eigenvalue weighted by atomic mass is 35.5. The predicted octanol–water partition coefficient (Wildman–Crippen LogP) is 3.52. The lowest BCUT2D eigenvalue weighted by Gasteiger charge is -2.32. The van der Waals surface area contributed by atoms with Gasteiger partial charge in [0.15, 0.2) is 5.82 Å². The minimum absolute atomic E-state index is 0.106. The molecule has 2 aromatic rings. The number of nitrogens with zero attached hydrogens (tertiary/aromatic N) is 3. The number of nitrogens with one attached hydrogen (secondary N) is 4. The summed E-state index contributed by atoms with van der Waals surface area (Å²) in [6.07, 6.45) is 7.96. The fourth-order valence-electron chi connectivity index (χ4n) is 4.37. The van der Waals surface area contributed by atoms with E-state index >= 15 is 0 Å². The van der Waals surface area contributed by atoms with E-state index in [9.17, 15) is 9.59 Å². The van der Waals surface area contributed by atoms with Gasteiger partial charge in [0, 0.05) is 32.0 Å². The smallest absolute Gasteiger partial charge is 0.261 e. The van der Waals surface area contributed by atoms with Crippen LogP contribution >= 0.6 is 11.6 Å². The van der Waals surface area contributed by atoms with E-state index in [1.807, 2.05) is 0 Å². The molecular formula is C23H26ClN7O2. The molecule has 2 unspecified atom stereocenters. The Morgan fingerprint density at radius 2 is 1.97 bits per heavy atom. The summed E-state index contributed by atoms with van der Waals surface area (Å²) in [5, 5.41) is 17.1. The first-order valence-corrected chi connectivity index (χ1v) is 11.3. The molecule has 4 N–H and O–H groups in total. The minimum Gasteiger partial charge on any atom is -0.392 e. The Bertz CT molecular complexity index is 1070. The second kappa shape index (κ2) is 9.99. The van der Waals surface area contributed by atoms with Gasteiger partial charge in [0.25, 0.3) is 11.8 Å². The largest absolute Gasteiger partial charge is 0.392 e. The van der Waals surface area contributed by atoms with Gasteiger partial charge >= 0.3 is 0 Å². The zero-order valence-electron chi connectivity index (χ0n) is 18.3. The van der Waals surface area contributed by atoms with Crippen molar-refractivity contribution in [2.45, 2.75) is 31.7 Å². The summed E-state index contributed by atoms with van der Waals surface area (Å²) in [5.74, 6) is 0.605. The van der Waals surface area contributed by atoms with Gasteiger partial charge in [-0.2, -0.15) is 4.98 Å². The maximum atomic E-state index is 12.7. The van der Waals surface area contributed by atoms with Crippen molar-refractivity contribution in [1.29, 1.82) is 5.41 Å². The van der Waals surface area contributed by atoms with Gasteiger partial charge in [0.1, 0.15) is 5.02 Å². The number of hydrogen-bond donors (Lipinski definition) is 4. The average molecular weight is 468 g/mol. The van der Waals surface area contributed by atoms with Crippen molar-refractivity contribution < 1.29 is 9.59 Å². The van der Waals surface area contributed by atoms with Crippen LogP contribution in [0.5, 0.6) is 0 Å². The number of halogens is 1. The summed E-state index contributed by atoms with van der Waals surface area (Å²) in [6, 6.07) is 7.08. The van der Waals surface area contributed by atoms with E-state index in [1.54, 1.807) is 37.5 Å². The molecule has 0 radical (unpaired) electrons. The van der Waals surface area contributed by atoms with Crippen LogP contribution in [0.3, 0.4) is 0 Å². The monoisotopic (exact) mass is 467 g/mol. The summed E-state index contributed by atoms with van der Waals surface area (Å²) in [4.78, 5) is 35.4. The van der Waals surface area contributed by atoms with Crippen LogP contribution in [0.1, 0.15) is 46.4 Å². The Morgan fingerprint density at radius 3 is 2.64 bits per heavy atom. The number of anilines is 2. The number of aromatic nitrogens is 2. The summed E-state index contributed by atoms with van der Waals surface area (Å²) in [7, 11) is 1.74. The lowest BCUT2D eigenvalue weighted by atomic mass is 9.85. The molecule has 1 aliphatic heterocycles. The van der Waals surface area contributed by atoms with Crippen LogP contribution in [0.25, 0.3) is 0 Å². The van der Waals surface area contributed by atoms with Gasteiger partial charge in [-0.1, -0.05) is 30.2 Å². The Hall–Kier alpha value is -3.46. The number of rotatable bonds is 8. The van der Waals surface area contributed by atoms with Gasteiger partial charge in [0.05, 0.1) is 23.0 Å². The first-order chi connectivity index (χ1) is 16.0. The van der Waals surface area contributed by atoms with Crippen LogP contribution in [-0.4, -0.2) is 52.5 Å². The molecule has 4 rings (SSSR count). The number of hydrogen-bond acceptors (Lipinski definition) is 8. The molecule has 1 aromatic carbocycles. The number of carbonyl (C=O) groups excluding carboxylic acids is 2. The van der Waals surface area contributed by atoms with Crippen molar-refractivity contribution in [3.05, 3.63) is 58.5 Å². The van der Waals surface area contributed by atoms with E-state index in [0.29, 0.717) is 40.2 Å². The molecule has 0 saturated heterocycles. The quantitative estimate of drug-likeness (QED) is 0.346. The number of amides is 2. The van der Waals surface area contributed by atoms with Crippen molar-refractivity contribution in [3.63, 3.8) is 0 Å². The second-order valence-corrected chi connectivity index (χ2v) is 8.60. The van der Waals surface area contributed by atoms with Crippen LogP contribution < -0.4 is 16.0 Å². The molecule has 1 aliphatic carbocycles. The van der Waals surface area contributed by atoms with E-state index in [-0.39, 0.29) is 23.8 Å². The van der Waals surface area contributed by atoms with E-state index in [0.717, 1.165) is 31.9 Å². The number of allylic oxidation sites excluding steroid dienone is 1. The third-order valence-electron chi connectivity index (χ3n) is 5.90. The Kier molecular flexibility index (Phi) is 6.88. The van der Waals surface area contributed by atoms with E-state index < -0.39 is 0 Å². The summed E-state index contributed by atoms with van der Waals surface area (Å²) in [5.41, 5.74) is 1.47. The molecule has 1 saturated carbocycles. The number of imide groups is 1. The van der Waals surface area contributed by atoms with E-state index in [2.05, 4.69) is 25.9 Å². The SMILES string of the molecule is CN/C=C(\C=N)Nc1ncc(Cl)c(NC2CCCC(CN3C(=O)c4ccccc4C3=O)C2)n1. The highest BCUT2D eigenvalue weighted by Gasteiger charge is 2.37. The van der Waals surface area contributed by atoms with Crippen LogP contribution in [0.2, 0.25) is 5.02 Å². The molecule has 33 heavy (non-hydrogen) atoms. The topological polar surface area (TPSA) is 123 Å². The van der Waals surface area contributed by atoms with Gasteiger partial charge < -0.3 is 21.4 Å². The van der Waals surface area contributed by atoms with Crippen LogP contribution in [-0.2, 0) is 0 Å². The van der Waals surface area contributed by atoms with Gasteiger partial charge in [-0.05, 0) is 37.3 Å². The van der Waals surface area contributed by atoms with E-state index in [4.69, 9.17) is 17.0 Å². The third-order valence-corrected chi connectivity index (χ3v) is 6.17. The molecule has 172 valence electrons. The lowest BCUT2D eigenvalue weighted by Crippen LogP contribution is -2.38. The summed E-state index contributed by atoms with van der Waals surface area (Å²) >= 11 is 6.33. The van der Waals surface area contributed by atoms with E-state index in [1.165, 1.54) is 11.1 Å². The number of benzene rings is 1. The van der Waals surface area contributed by atoms with Gasteiger partial charge in [-0.15, -0.1) is 0 Å². The maximum absolute atomic E-state index is 12.7. The molecule has 1 aromatic heterocycles. The van der Waals surface area contributed by atoms with Crippen molar-refractivity contribution >= 4 is 41.4 Å². The predicted molar refractivity (Wildman–Crippen MR) is 128 cm³/mol. The fourth-order valence-corrected chi connectivity index (χ4v) is 4.52. The minimum atomic E-state index is -0.211. The molecular weight excluding hydrogens is 442 g/mol. The molecule has 9 nitrogen and oxygen atoms in total. The molecule has 2 atom stereocenters. The lowest BCUT2D eigenvalue weighted by molar-refractivity contribution is 0.0614. The number of carbonyl (C=O) groups is 2. The van der Waals surface area contributed by atoms with Crippen molar-refractivity contribution in [2.24, 2.45) is 5.92 Å². The van der Waals surface area contributed by atoms with Gasteiger partial charge in [-0.3, -0.25) is 14.5 Å². The Labute approximate surface area is 197 Å².